The van der Waals surface area contributed by atoms with Gasteiger partial charge in [-0.1, -0.05) is 30.3 Å². The van der Waals surface area contributed by atoms with E-state index in [1.165, 1.54) is 5.56 Å². The normalized spacial score (nSPS) is 10.3. The van der Waals surface area contributed by atoms with Gasteiger partial charge in [0.25, 0.3) is 0 Å². The topological polar surface area (TPSA) is 58.2 Å². The van der Waals surface area contributed by atoms with Crippen LogP contribution >= 0.6 is 0 Å². The Kier molecular flexibility index (Phi) is 6.64. The van der Waals surface area contributed by atoms with Gasteiger partial charge < -0.3 is 10.6 Å². The Morgan fingerprint density at radius 1 is 1.11 bits per heavy atom. The molecular formula is C15H22N2O2. The van der Waals surface area contributed by atoms with E-state index >= 15 is 0 Å². The van der Waals surface area contributed by atoms with Gasteiger partial charge >= 0.3 is 0 Å². The van der Waals surface area contributed by atoms with Crippen molar-refractivity contribution in [1.29, 1.82) is 0 Å². The Morgan fingerprint density at radius 3 is 2.42 bits per heavy atom. The van der Waals surface area contributed by atoms with Crippen molar-refractivity contribution in [1.82, 2.24) is 10.6 Å². The fourth-order valence-electron chi connectivity index (χ4n) is 1.74. The van der Waals surface area contributed by atoms with Crippen molar-refractivity contribution in [3.05, 3.63) is 35.9 Å². The minimum atomic E-state index is -0.147. The van der Waals surface area contributed by atoms with Crippen molar-refractivity contribution in [2.24, 2.45) is 0 Å². The second kappa shape index (κ2) is 8.29. The van der Waals surface area contributed by atoms with Crippen LogP contribution in [0.4, 0.5) is 0 Å². The zero-order chi connectivity index (χ0) is 14.1. The molecule has 2 amide bonds. The summed E-state index contributed by atoms with van der Waals surface area (Å²) in [5.41, 5.74) is 1.23. The van der Waals surface area contributed by atoms with Crippen LogP contribution in [-0.2, 0) is 16.0 Å². The van der Waals surface area contributed by atoms with Crippen LogP contribution in [-0.4, -0.2) is 24.4 Å². The average molecular weight is 262 g/mol. The number of benzene rings is 1. The van der Waals surface area contributed by atoms with Crippen LogP contribution in [0, 0.1) is 0 Å². The number of nitrogens with one attached hydrogen (secondary N) is 2. The van der Waals surface area contributed by atoms with Crippen LogP contribution in [0.1, 0.15) is 32.3 Å². The first-order valence-electron chi connectivity index (χ1n) is 6.68. The van der Waals surface area contributed by atoms with Gasteiger partial charge in [-0.2, -0.15) is 0 Å². The first kappa shape index (κ1) is 15.2. The molecule has 1 rings (SSSR count). The fourth-order valence-corrected chi connectivity index (χ4v) is 1.74. The van der Waals surface area contributed by atoms with E-state index < -0.39 is 0 Å². The molecule has 0 heterocycles. The summed E-state index contributed by atoms with van der Waals surface area (Å²) in [7, 11) is 0. The van der Waals surface area contributed by atoms with Crippen LogP contribution in [0.25, 0.3) is 0 Å². The number of carbonyl (C=O) groups excluding carboxylic acids is 2. The van der Waals surface area contributed by atoms with Crippen LogP contribution in [0.2, 0.25) is 0 Å². The van der Waals surface area contributed by atoms with Gasteiger partial charge in [0.2, 0.25) is 11.8 Å². The van der Waals surface area contributed by atoms with E-state index in [0.717, 1.165) is 12.8 Å². The van der Waals surface area contributed by atoms with Gasteiger partial charge in [0, 0.05) is 12.5 Å². The molecule has 0 unspecified atom stereocenters. The first-order chi connectivity index (χ1) is 9.08. The predicted octanol–water partition coefficient (Wildman–Crippen LogP) is 1.65. The summed E-state index contributed by atoms with van der Waals surface area (Å²) in [6.07, 6.45) is 2.12. The molecule has 0 saturated carbocycles. The molecular weight excluding hydrogens is 240 g/mol. The Morgan fingerprint density at radius 2 is 1.79 bits per heavy atom. The molecule has 0 aliphatic rings. The second-order valence-electron chi connectivity index (χ2n) is 4.84. The minimum Gasteiger partial charge on any atom is -0.352 e. The van der Waals surface area contributed by atoms with E-state index in [4.69, 9.17) is 0 Å². The van der Waals surface area contributed by atoms with Gasteiger partial charge in [-0.3, -0.25) is 9.59 Å². The maximum Gasteiger partial charge on any atom is 0.239 e. The molecule has 0 aliphatic carbocycles. The third kappa shape index (κ3) is 7.24. The summed E-state index contributed by atoms with van der Waals surface area (Å²) in [5, 5.41) is 5.35. The van der Waals surface area contributed by atoms with E-state index in [0.29, 0.717) is 6.42 Å². The molecule has 0 radical (unpaired) electrons. The summed E-state index contributed by atoms with van der Waals surface area (Å²) >= 11 is 0. The van der Waals surface area contributed by atoms with Crippen LogP contribution < -0.4 is 10.6 Å². The highest BCUT2D eigenvalue weighted by molar-refractivity contribution is 5.84. The third-order valence-electron chi connectivity index (χ3n) is 2.61. The van der Waals surface area contributed by atoms with Gasteiger partial charge in [-0.05, 0) is 32.3 Å². The van der Waals surface area contributed by atoms with E-state index in [9.17, 15) is 9.59 Å². The molecule has 104 valence electrons. The van der Waals surface area contributed by atoms with Crippen molar-refractivity contribution >= 4 is 11.8 Å². The summed E-state index contributed by atoms with van der Waals surface area (Å²) in [6.45, 7) is 3.83. The summed E-state index contributed by atoms with van der Waals surface area (Å²) < 4.78 is 0. The lowest BCUT2D eigenvalue weighted by Gasteiger charge is -2.09. The number of hydrogen-bond donors (Lipinski definition) is 2. The molecule has 0 saturated heterocycles. The molecule has 0 bridgehead atoms. The molecule has 1 aromatic carbocycles. The standard InChI is InChI=1S/C15H22N2O2/c1-12(2)17-15(19)11-16-14(18)10-6-9-13-7-4-3-5-8-13/h3-5,7-8,12H,6,9-11H2,1-2H3,(H,16,18)(H,17,19). The molecule has 19 heavy (non-hydrogen) atoms. The van der Waals surface area contributed by atoms with Gasteiger partial charge in [0.05, 0.1) is 6.54 Å². The Hall–Kier alpha value is -1.84. The molecule has 4 heteroatoms. The quantitative estimate of drug-likeness (QED) is 0.785. The molecule has 1 aromatic rings. The highest BCUT2D eigenvalue weighted by Crippen LogP contribution is 2.04. The van der Waals surface area contributed by atoms with Gasteiger partial charge in [-0.15, -0.1) is 0 Å². The van der Waals surface area contributed by atoms with Crippen molar-refractivity contribution in [3.63, 3.8) is 0 Å². The monoisotopic (exact) mass is 262 g/mol. The largest absolute Gasteiger partial charge is 0.352 e. The fraction of sp³-hybridized carbons (Fsp3) is 0.467. The van der Waals surface area contributed by atoms with E-state index in [1.54, 1.807) is 0 Å². The molecule has 0 fully saturated rings. The zero-order valence-electron chi connectivity index (χ0n) is 11.6. The van der Waals surface area contributed by atoms with E-state index in [1.807, 2.05) is 44.2 Å². The lowest BCUT2D eigenvalue weighted by atomic mass is 10.1. The van der Waals surface area contributed by atoms with E-state index in [-0.39, 0.29) is 24.4 Å². The predicted molar refractivity (Wildman–Crippen MR) is 75.7 cm³/mol. The van der Waals surface area contributed by atoms with Crippen molar-refractivity contribution < 1.29 is 9.59 Å². The summed E-state index contributed by atoms with van der Waals surface area (Å²) in [4.78, 5) is 22.9. The Labute approximate surface area is 114 Å². The van der Waals surface area contributed by atoms with Gasteiger partial charge in [-0.25, -0.2) is 0 Å². The second-order valence-corrected chi connectivity index (χ2v) is 4.84. The number of rotatable bonds is 7. The molecule has 0 spiro atoms. The maximum atomic E-state index is 11.5. The number of hydrogen-bond acceptors (Lipinski definition) is 2. The molecule has 0 aliphatic heterocycles. The Balaban J connectivity index is 2.13. The summed E-state index contributed by atoms with van der Waals surface area (Å²) in [6, 6.07) is 10.2. The molecule has 2 N–H and O–H groups in total. The molecule has 0 aromatic heterocycles. The van der Waals surface area contributed by atoms with Crippen molar-refractivity contribution in [2.75, 3.05) is 6.54 Å². The zero-order valence-corrected chi connectivity index (χ0v) is 11.6. The maximum absolute atomic E-state index is 11.5. The van der Waals surface area contributed by atoms with E-state index in [2.05, 4.69) is 10.6 Å². The summed E-state index contributed by atoms with van der Waals surface area (Å²) in [5.74, 6) is -0.221. The highest BCUT2D eigenvalue weighted by Gasteiger charge is 2.06. The highest BCUT2D eigenvalue weighted by atomic mass is 16.2. The van der Waals surface area contributed by atoms with Gasteiger partial charge in [0.1, 0.15) is 0 Å². The van der Waals surface area contributed by atoms with Crippen LogP contribution in [0.15, 0.2) is 30.3 Å². The number of amides is 2. The van der Waals surface area contributed by atoms with Crippen LogP contribution in [0.3, 0.4) is 0 Å². The van der Waals surface area contributed by atoms with Gasteiger partial charge in [0.15, 0.2) is 0 Å². The molecule has 0 atom stereocenters. The van der Waals surface area contributed by atoms with Crippen LogP contribution in [0.5, 0.6) is 0 Å². The smallest absolute Gasteiger partial charge is 0.239 e. The first-order valence-corrected chi connectivity index (χ1v) is 6.68. The third-order valence-corrected chi connectivity index (χ3v) is 2.61. The number of carbonyl (C=O) groups is 2. The average Bonchev–Trinajstić information content (AvgIpc) is 2.37. The van der Waals surface area contributed by atoms with Crippen molar-refractivity contribution in [2.45, 2.75) is 39.2 Å². The number of aryl methyl sites for hydroxylation is 1. The Bertz CT molecular complexity index is 402. The van der Waals surface area contributed by atoms with Crippen molar-refractivity contribution in [3.8, 4) is 0 Å². The lowest BCUT2D eigenvalue weighted by molar-refractivity contribution is -0.126. The SMILES string of the molecule is CC(C)NC(=O)CNC(=O)CCCc1ccccc1. The lowest BCUT2D eigenvalue weighted by Crippen LogP contribution is -2.39. The minimum absolute atomic E-state index is 0.0579. The molecule has 4 nitrogen and oxygen atoms in total.